The van der Waals surface area contributed by atoms with Crippen LogP contribution >= 0.6 is 22.9 Å². The number of aromatic nitrogens is 3. The number of nitrogens with one attached hydrogen (secondary N) is 1. The van der Waals surface area contributed by atoms with Crippen molar-refractivity contribution in [1.29, 1.82) is 0 Å². The lowest BCUT2D eigenvalue weighted by Crippen LogP contribution is -2.46. The molecule has 2 amide bonds. The van der Waals surface area contributed by atoms with Gasteiger partial charge in [-0.2, -0.15) is 0 Å². The van der Waals surface area contributed by atoms with Crippen LogP contribution in [0.25, 0.3) is 6.08 Å². The molecule has 0 saturated heterocycles. The molecular weight excluding hydrogens is 474 g/mol. The summed E-state index contributed by atoms with van der Waals surface area (Å²) in [4.78, 5) is 23.9. The van der Waals surface area contributed by atoms with Gasteiger partial charge in [0, 0.05) is 43.8 Å². The Morgan fingerprint density at radius 1 is 1.35 bits per heavy atom. The number of hydrogen-bond donors (Lipinski definition) is 1. The maximum absolute atomic E-state index is 12.6. The van der Waals surface area contributed by atoms with Gasteiger partial charge in [0.05, 0.1) is 23.1 Å². The van der Waals surface area contributed by atoms with Crippen molar-refractivity contribution in [3.63, 3.8) is 0 Å². The minimum absolute atomic E-state index is 0.0982. The summed E-state index contributed by atoms with van der Waals surface area (Å²) in [6.07, 6.45) is 11.8. The molecule has 34 heavy (non-hydrogen) atoms. The highest BCUT2D eigenvalue weighted by Gasteiger charge is 2.22. The zero-order chi connectivity index (χ0) is 23.5. The van der Waals surface area contributed by atoms with E-state index >= 15 is 0 Å². The van der Waals surface area contributed by atoms with E-state index in [1.165, 1.54) is 24.2 Å². The van der Waals surface area contributed by atoms with Crippen molar-refractivity contribution < 1.29 is 14.3 Å². The predicted molar refractivity (Wildman–Crippen MR) is 132 cm³/mol. The molecule has 10 heteroatoms. The van der Waals surface area contributed by atoms with E-state index in [1.807, 2.05) is 31.3 Å². The summed E-state index contributed by atoms with van der Waals surface area (Å²) in [7, 11) is 0. The highest BCUT2D eigenvalue weighted by molar-refractivity contribution is 7.14. The van der Waals surface area contributed by atoms with Gasteiger partial charge in [-0.15, -0.1) is 0 Å². The van der Waals surface area contributed by atoms with Crippen LogP contribution in [0, 0.1) is 5.92 Å². The first kappa shape index (κ1) is 22.7. The molecule has 3 aromatic rings. The first-order valence-electron chi connectivity index (χ1n) is 11.3. The van der Waals surface area contributed by atoms with Gasteiger partial charge in [-0.1, -0.05) is 29.0 Å². The first-order chi connectivity index (χ1) is 16.5. The molecule has 178 valence electrons. The van der Waals surface area contributed by atoms with Gasteiger partial charge in [0.2, 0.25) is 0 Å². The quantitative estimate of drug-likeness (QED) is 0.460. The molecule has 8 nitrogen and oxygen atoms in total. The highest BCUT2D eigenvalue weighted by Crippen LogP contribution is 2.35. The van der Waals surface area contributed by atoms with Crippen molar-refractivity contribution in [2.45, 2.75) is 38.9 Å². The Balaban J connectivity index is 1.12. The molecule has 1 aliphatic heterocycles. The molecular formula is C24H26ClN5O3S. The molecule has 1 atom stereocenters. The lowest BCUT2D eigenvalue weighted by atomic mass is 10.3. The number of fused-ring (bicyclic) bond motifs is 1. The molecule has 1 saturated carbocycles. The van der Waals surface area contributed by atoms with E-state index in [2.05, 4.69) is 19.9 Å². The third-order valence-electron chi connectivity index (χ3n) is 5.72. The molecule has 0 spiro atoms. The Bertz CT molecular complexity index is 1190. The molecule has 0 bridgehead atoms. The number of rotatable bonds is 8. The molecule has 1 N–H and O–H groups in total. The summed E-state index contributed by atoms with van der Waals surface area (Å²) >= 11 is 7.76. The van der Waals surface area contributed by atoms with E-state index in [1.54, 1.807) is 29.4 Å². The number of carbonyl (C=O) groups is 1. The summed E-state index contributed by atoms with van der Waals surface area (Å²) in [5.74, 6) is 2.87. The molecule has 1 aromatic carbocycles. The topological polar surface area (TPSA) is 81.5 Å². The number of benzene rings is 1. The van der Waals surface area contributed by atoms with E-state index < -0.39 is 0 Å². The average molecular weight is 500 g/mol. The number of ether oxygens (including phenoxy) is 2. The highest BCUT2D eigenvalue weighted by atomic mass is 35.5. The summed E-state index contributed by atoms with van der Waals surface area (Å²) < 4.78 is 13.7. The van der Waals surface area contributed by atoms with Crippen LogP contribution in [0.5, 0.6) is 16.7 Å². The SMILES string of the molecule is C[C@@H](C=Cc1cnc(Oc2ccc(OCC3CC3)cc2Cl)s1)NC(=O)N1CCn2ccnc2C1. The number of amides is 2. The van der Waals surface area contributed by atoms with Crippen LogP contribution in [0.15, 0.2) is 42.9 Å². The van der Waals surface area contributed by atoms with Gasteiger partial charge in [-0.05, 0) is 43.9 Å². The summed E-state index contributed by atoms with van der Waals surface area (Å²) in [6.45, 7) is 4.61. The van der Waals surface area contributed by atoms with E-state index in [0.717, 1.165) is 29.6 Å². The standard InChI is InChI=1S/C24H26ClN5O3S/c1-16(28-23(31)30-11-10-29-9-8-26-22(29)14-30)2-6-19-13-27-24(34-19)33-21-7-5-18(12-20(21)25)32-15-17-3-4-17/h2,5-9,12-13,16-17H,3-4,10-11,14-15H2,1H3,(H,28,31)/t16-/m0/s1. The second-order valence-corrected chi connectivity index (χ2v) is 9.96. The van der Waals surface area contributed by atoms with Crippen LogP contribution in [-0.4, -0.2) is 44.7 Å². The van der Waals surface area contributed by atoms with E-state index in [4.69, 9.17) is 21.1 Å². The zero-order valence-corrected chi connectivity index (χ0v) is 20.4. The van der Waals surface area contributed by atoms with Crippen molar-refractivity contribution in [2.75, 3.05) is 13.2 Å². The number of hydrogen-bond acceptors (Lipinski definition) is 6. The third kappa shape index (κ3) is 5.71. The van der Waals surface area contributed by atoms with Crippen molar-refractivity contribution >= 4 is 35.0 Å². The number of halogens is 1. The van der Waals surface area contributed by atoms with Crippen LogP contribution in [-0.2, 0) is 13.1 Å². The molecule has 3 heterocycles. The molecule has 0 unspecified atom stereocenters. The fourth-order valence-corrected chi connectivity index (χ4v) is 4.46. The fourth-order valence-electron chi connectivity index (χ4n) is 3.56. The van der Waals surface area contributed by atoms with Crippen molar-refractivity contribution in [1.82, 2.24) is 24.8 Å². The lowest BCUT2D eigenvalue weighted by molar-refractivity contribution is 0.180. The van der Waals surface area contributed by atoms with Crippen LogP contribution in [0.4, 0.5) is 4.79 Å². The number of imidazole rings is 1. The maximum atomic E-state index is 12.6. The Labute approximate surface area is 207 Å². The Kier molecular flexibility index (Phi) is 6.73. The van der Waals surface area contributed by atoms with E-state index in [9.17, 15) is 4.79 Å². The van der Waals surface area contributed by atoms with Gasteiger partial charge in [0.1, 0.15) is 17.3 Å². The van der Waals surface area contributed by atoms with Gasteiger partial charge in [0.25, 0.3) is 5.19 Å². The minimum Gasteiger partial charge on any atom is -0.493 e. The predicted octanol–water partition coefficient (Wildman–Crippen LogP) is 5.20. The number of carbonyl (C=O) groups excluding carboxylic acids is 1. The lowest BCUT2D eigenvalue weighted by Gasteiger charge is -2.28. The van der Waals surface area contributed by atoms with Crippen LogP contribution in [0.1, 0.15) is 30.5 Å². The van der Waals surface area contributed by atoms with Crippen LogP contribution in [0.2, 0.25) is 5.02 Å². The summed E-state index contributed by atoms with van der Waals surface area (Å²) in [6, 6.07) is 5.19. The van der Waals surface area contributed by atoms with Crippen molar-refractivity contribution in [3.8, 4) is 16.7 Å². The Hall–Kier alpha value is -3.04. The summed E-state index contributed by atoms with van der Waals surface area (Å²) in [5.41, 5.74) is 0. The van der Waals surface area contributed by atoms with Gasteiger partial charge < -0.3 is 24.3 Å². The maximum Gasteiger partial charge on any atom is 0.318 e. The van der Waals surface area contributed by atoms with Crippen molar-refractivity contribution in [2.24, 2.45) is 5.92 Å². The molecule has 2 aromatic heterocycles. The molecule has 1 fully saturated rings. The molecule has 1 aliphatic carbocycles. The Morgan fingerprint density at radius 2 is 2.24 bits per heavy atom. The molecule has 0 radical (unpaired) electrons. The van der Waals surface area contributed by atoms with E-state index in [-0.39, 0.29) is 12.1 Å². The van der Waals surface area contributed by atoms with Gasteiger partial charge in [0.15, 0.2) is 0 Å². The smallest absolute Gasteiger partial charge is 0.318 e. The molecule has 2 aliphatic rings. The third-order valence-corrected chi connectivity index (χ3v) is 6.85. The fraction of sp³-hybridized carbons (Fsp3) is 0.375. The normalized spacial score (nSPS) is 16.4. The van der Waals surface area contributed by atoms with E-state index in [0.29, 0.717) is 35.0 Å². The second kappa shape index (κ2) is 10.1. The zero-order valence-electron chi connectivity index (χ0n) is 18.8. The average Bonchev–Trinajstić information content (AvgIpc) is 3.35. The summed E-state index contributed by atoms with van der Waals surface area (Å²) in [5, 5.41) is 3.99. The van der Waals surface area contributed by atoms with Gasteiger partial charge >= 0.3 is 6.03 Å². The first-order valence-corrected chi connectivity index (χ1v) is 12.5. The Morgan fingerprint density at radius 3 is 3.06 bits per heavy atom. The number of urea groups is 1. The van der Waals surface area contributed by atoms with Gasteiger partial charge in [-0.25, -0.2) is 14.8 Å². The number of nitrogens with zero attached hydrogens (tertiary/aromatic N) is 4. The largest absolute Gasteiger partial charge is 0.493 e. The monoisotopic (exact) mass is 499 g/mol. The van der Waals surface area contributed by atoms with Crippen LogP contribution in [0.3, 0.4) is 0 Å². The van der Waals surface area contributed by atoms with Gasteiger partial charge in [-0.3, -0.25) is 0 Å². The van der Waals surface area contributed by atoms with Crippen molar-refractivity contribution in [3.05, 3.63) is 58.6 Å². The van der Waals surface area contributed by atoms with Crippen LogP contribution < -0.4 is 14.8 Å². The minimum atomic E-state index is -0.140. The number of thiazole rings is 1. The molecule has 5 rings (SSSR count). The second-order valence-electron chi connectivity index (χ2n) is 8.53.